The topological polar surface area (TPSA) is 41.6 Å². The Bertz CT molecular complexity index is 893. The molecule has 1 aliphatic rings. The van der Waals surface area contributed by atoms with E-state index in [1.54, 1.807) is 15.9 Å². The van der Waals surface area contributed by atoms with Crippen molar-refractivity contribution in [3.8, 4) is 0 Å². The lowest BCUT2D eigenvalue weighted by molar-refractivity contribution is 0.102. The fourth-order valence-electron chi connectivity index (χ4n) is 3.09. The zero-order chi connectivity index (χ0) is 16.5. The van der Waals surface area contributed by atoms with Gasteiger partial charge >= 0.3 is 5.76 Å². The normalized spacial score (nSPS) is 16.9. The smallest absolute Gasteiger partial charge is 0.408 e. The van der Waals surface area contributed by atoms with Gasteiger partial charge in [-0.2, -0.15) is 0 Å². The Morgan fingerprint density at radius 3 is 2.54 bits per heavy atom. The van der Waals surface area contributed by atoms with E-state index >= 15 is 0 Å². The molecule has 2 aromatic heterocycles. The number of oxazole rings is 1. The fourth-order valence-corrected chi connectivity index (χ4v) is 4.22. The number of halogens is 1. The number of fused-ring (bicyclic) bond motifs is 1. The van der Waals surface area contributed by atoms with Crippen molar-refractivity contribution in [1.82, 2.24) is 14.4 Å². The molecular weight excluding hydrogens is 346 g/mol. The van der Waals surface area contributed by atoms with E-state index in [4.69, 9.17) is 16.0 Å². The molecule has 0 saturated carbocycles. The van der Waals surface area contributed by atoms with Crippen LogP contribution in [0.5, 0.6) is 0 Å². The molecule has 1 fully saturated rings. The van der Waals surface area contributed by atoms with Crippen LogP contribution in [0.2, 0.25) is 4.34 Å². The molecule has 1 aliphatic heterocycles. The van der Waals surface area contributed by atoms with Crippen LogP contribution in [-0.4, -0.2) is 40.5 Å². The molecule has 126 valence electrons. The zero-order valence-corrected chi connectivity index (χ0v) is 14.7. The lowest BCUT2D eigenvalue weighted by Crippen LogP contribution is -2.46. The van der Waals surface area contributed by atoms with Gasteiger partial charge in [0.05, 0.1) is 16.5 Å². The molecule has 3 heterocycles. The van der Waals surface area contributed by atoms with Crippen LogP contribution in [0.3, 0.4) is 0 Å². The van der Waals surface area contributed by atoms with Gasteiger partial charge in [-0.15, -0.1) is 11.3 Å². The Morgan fingerprint density at radius 2 is 1.79 bits per heavy atom. The number of piperazine rings is 1. The SMILES string of the molecule is O=c1oc2ccccc2n1CN1CCN(Cc2ccc(Cl)s2)CC1. The second kappa shape index (κ2) is 6.72. The highest BCUT2D eigenvalue weighted by Crippen LogP contribution is 2.23. The highest BCUT2D eigenvalue weighted by molar-refractivity contribution is 7.16. The Labute approximate surface area is 148 Å². The summed E-state index contributed by atoms with van der Waals surface area (Å²) >= 11 is 7.64. The first kappa shape index (κ1) is 15.9. The maximum Gasteiger partial charge on any atom is 0.421 e. The monoisotopic (exact) mass is 363 g/mol. The number of benzene rings is 1. The first-order valence-electron chi connectivity index (χ1n) is 7.96. The average molecular weight is 364 g/mol. The first-order valence-corrected chi connectivity index (χ1v) is 9.16. The predicted octanol–water partition coefficient (Wildman–Crippen LogP) is 3.08. The molecule has 1 aromatic carbocycles. The summed E-state index contributed by atoms with van der Waals surface area (Å²) in [6.07, 6.45) is 0. The quantitative estimate of drug-likeness (QED) is 0.714. The summed E-state index contributed by atoms with van der Waals surface area (Å²) in [6, 6.07) is 11.6. The van der Waals surface area contributed by atoms with E-state index < -0.39 is 0 Å². The molecule has 24 heavy (non-hydrogen) atoms. The van der Waals surface area contributed by atoms with Crippen molar-refractivity contribution in [3.05, 3.63) is 56.2 Å². The summed E-state index contributed by atoms with van der Waals surface area (Å²) in [5.74, 6) is -0.285. The number of rotatable bonds is 4. The number of para-hydroxylation sites is 2. The van der Waals surface area contributed by atoms with Crippen molar-refractivity contribution in [2.24, 2.45) is 0 Å². The maximum atomic E-state index is 12.1. The number of nitrogens with zero attached hydrogens (tertiary/aromatic N) is 3. The molecule has 1 saturated heterocycles. The molecule has 3 aromatic rings. The predicted molar refractivity (Wildman–Crippen MR) is 96.7 cm³/mol. The van der Waals surface area contributed by atoms with Gasteiger partial charge < -0.3 is 4.42 Å². The Morgan fingerprint density at radius 1 is 1.04 bits per heavy atom. The molecule has 0 bridgehead atoms. The van der Waals surface area contributed by atoms with Crippen LogP contribution in [0.25, 0.3) is 11.1 Å². The molecule has 0 N–H and O–H groups in total. The van der Waals surface area contributed by atoms with Gasteiger partial charge in [-0.3, -0.25) is 14.4 Å². The van der Waals surface area contributed by atoms with Gasteiger partial charge in [-0.25, -0.2) is 4.79 Å². The minimum atomic E-state index is -0.285. The lowest BCUT2D eigenvalue weighted by atomic mass is 10.3. The molecule has 0 atom stereocenters. The number of thiophene rings is 1. The van der Waals surface area contributed by atoms with Crippen molar-refractivity contribution in [2.75, 3.05) is 26.2 Å². The van der Waals surface area contributed by atoms with E-state index in [2.05, 4.69) is 15.9 Å². The number of hydrogen-bond acceptors (Lipinski definition) is 5. The molecule has 0 spiro atoms. The van der Waals surface area contributed by atoms with Gasteiger partial charge in [-0.05, 0) is 24.3 Å². The van der Waals surface area contributed by atoms with Crippen molar-refractivity contribution in [2.45, 2.75) is 13.2 Å². The fraction of sp³-hybridized carbons (Fsp3) is 0.353. The maximum absolute atomic E-state index is 12.1. The van der Waals surface area contributed by atoms with E-state index in [0.29, 0.717) is 12.3 Å². The second-order valence-electron chi connectivity index (χ2n) is 6.01. The van der Waals surface area contributed by atoms with Crippen LogP contribution in [0, 0.1) is 0 Å². The summed E-state index contributed by atoms with van der Waals surface area (Å²) < 4.78 is 7.86. The minimum absolute atomic E-state index is 0.285. The minimum Gasteiger partial charge on any atom is -0.408 e. The molecule has 0 aliphatic carbocycles. The van der Waals surface area contributed by atoms with E-state index in [1.807, 2.05) is 30.3 Å². The summed E-state index contributed by atoms with van der Waals surface area (Å²) in [5.41, 5.74) is 1.51. The van der Waals surface area contributed by atoms with E-state index in [1.165, 1.54) is 4.88 Å². The molecule has 7 heteroatoms. The molecule has 0 amide bonds. The van der Waals surface area contributed by atoms with E-state index in [9.17, 15) is 4.79 Å². The van der Waals surface area contributed by atoms with Crippen LogP contribution < -0.4 is 5.76 Å². The zero-order valence-electron chi connectivity index (χ0n) is 13.2. The largest absolute Gasteiger partial charge is 0.421 e. The van der Waals surface area contributed by atoms with Crippen LogP contribution in [-0.2, 0) is 13.2 Å². The van der Waals surface area contributed by atoms with E-state index in [0.717, 1.165) is 42.6 Å². The molecule has 0 radical (unpaired) electrons. The van der Waals surface area contributed by atoms with Crippen molar-refractivity contribution in [1.29, 1.82) is 0 Å². The summed E-state index contributed by atoms with van der Waals surface area (Å²) in [7, 11) is 0. The second-order valence-corrected chi connectivity index (χ2v) is 7.80. The Kier molecular flexibility index (Phi) is 4.45. The molecule has 0 unspecified atom stereocenters. The van der Waals surface area contributed by atoms with Gasteiger partial charge in [0, 0.05) is 37.6 Å². The highest BCUT2D eigenvalue weighted by atomic mass is 35.5. The third-order valence-corrected chi connectivity index (χ3v) is 5.60. The molecule has 4 rings (SSSR count). The Balaban J connectivity index is 1.39. The summed E-state index contributed by atoms with van der Waals surface area (Å²) in [4.78, 5) is 18.1. The average Bonchev–Trinajstić information content (AvgIpc) is 3.13. The third-order valence-electron chi connectivity index (χ3n) is 4.39. The van der Waals surface area contributed by atoms with E-state index in [-0.39, 0.29) is 5.76 Å². The van der Waals surface area contributed by atoms with Crippen LogP contribution in [0.4, 0.5) is 0 Å². The van der Waals surface area contributed by atoms with Crippen molar-refractivity contribution in [3.63, 3.8) is 0 Å². The van der Waals surface area contributed by atoms with Gasteiger partial charge in [0.2, 0.25) is 0 Å². The third kappa shape index (κ3) is 3.28. The van der Waals surface area contributed by atoms with Gasteiger partial charge in [0.1, 0.15) is 0 Å². The summed E-state index contributed by atoms with van der Waals surface area (Å²) in [5, 5.41) is 0. The Hall–Kier alpha value is -1.60. The lowest BCUT2D eigenvalue weighted by Gasteiger charge is -2.34. The number of hydrogen-bond donors (Lipinski definition) is 0. The number of aromatic nitrogens is 1. The standard InChI is InChI=1S/C17H18ClN3O2S/c18-16-6-5-13(24-16)11-19-7-9-20(10-8-19)12-21-14-3-1-2-4-15(14)23-17(21)22/h1-6H,7-12H2. The van der Waals surface area contributed by atoms with Crippen LogP contribution in [0.15, 0.2) is 45.6 Å². The van der Waals surface area contributed by atoms with Crippen LogP contribution >= 0.6 is 22.9 Å². The van der Waals surface area contributed by atoms with Gasteiger partial charge in [0.25, 0.3) is 0 Å². The van der Waals surface area contributed by atoms with Crippen LogP contribution in [0.1, 0.15) is 4.88 Å². The molecular formula is C17H18ClN3O2S. The van der Waals surface area contributed by atoms with Gasteiger partial charge in [0.15, 0.2) is 5.58 Å². The first-order chi connectivity index (χ1) is 11.7. The summed E-state index contributed by atoms with van der Waals surface area (Å²) in [6.45, 7) is 5.37. The van der Waals surface area contributed by atoms with Crippen molar-refractivity contribution < 1.29 is 4.42 Å². The van der Waals surface area contributed by atoms with Gasteiger partial charge in [-0.1, -0.05) is 23.7 Å². The molecule has 5 nitrogen and oxygen atoms in total. The highest BCUT2D eigenvalue weighted by Gasteiger charge is 2.19. The van der Waals surface area contributed by atoms with Crippen molar-refractivity contribution >= 4 is 34.0 Å².